The zero-order chi connectivity index (χ0) is 16.5. The monoisotopic (exact) mass is 340 g/mol. The van der Waals surface area contributed by atoms with Crippen LogP contribution in [0.2, 0.25) is 0 Å². The second kappa shape index (κ2) is 5.44. The Morgan fingerprint density at radius 3 is 2.68 bits per heavy atom. The lowest BCUT2D eigenvalue weighted by molar-refractivity contribution is -0.0502. The van der Waals surface area contributed by atoms with Crippen LogP contribution in [0.15, 0.2) is 16.7 Å². The molecule has 8 nitrogen and oxygen atoms in total. The summed E-state index contributed by atoms with van der Waals surface area (Å²) in [5.41, 5.74) is -5.95. The highest BCUT2D eigenvalue weighted by molar-refractivity contribution is 7.87. The molecule has 0 fully saturated rings. The highest BCUT2D eigenvalue weighted by Gasteiger charge is 2.49. The number of furan rings is 1. The first-order valence-electron chi connectivity index (χ1n) is 5.58. The molecule has 0 radical (unpaired) electrons. The Kier molecular flexibility index (Phi) is 3.96. The van der Waals surface area contributed by atoms with Crippen LogP contribution in [0.25, 0.3) is 11.1 Å². The van der Waals surface area contributed by atoms with E-state index in [-0.39, 0.29) is 23.5 Å². The van der Waals surface area contributed by atoms with Crippen LogP contribution in [0.4, 0.5) is 13.2 Å². The fourth-order valence-electron chi connectivity index (χ4n) is 1.30. The number of esters is 1. The highest BCUT2D eigenvalue weighted by Crippen LogP contribution is 2.26. The van der Waals surface area contributed by atoms with Crippen molar-refractivity contribution in [3.63, 3.8) is 0 Å². The third kappa shape index (κ3) is 3.10. The Morgan fingerprint density at radius 2 is 2.09 bits per heavy atom. The van der Waals surface area contributed by atoms with Gasteiger partial charge in [0.25, 0.3) is 0 Å². The minimum atomic E-state index is -5.90. The Balaban J connectivity index is 2.33. The summed E-state index contributed by atoms with van der Waals surface area (Å²) >= 11 is 0. The average molecular weight is 340 g/mol. The number of halogens is 3. The number of fused-ring (bicyclic) bond motifs is 1. The molecule has 2 aromatic rings. The molecule has 0 aromatic carbocycles. The van der Waals surface area contributed by atoms with E-state index in [1.807, 2.05) is 0 Å². The maximum absolute atomic E-state index is 12.2. The molecule has 0 aliphatic heterocycles. The fraction of sp³-hybridized carbons (Fsp3) is 0.300. The number of aromatic nitrogens is 2. The summed E-state index contributed by atoms with van der Waals surface area (Å²) in [5.74, 6) is -1.08. The first-order valence-corrected chi connectivity index (χ1v) is 6.99. The first-order chi connectivity index (χ1) is 10.1. The van der Waals surface area contributed by atoms with Gasteiger partial charge in [0.15, 0.2) is 0 Å². The van der Waals surface area contributed by atoms with Crippen LogP contribution in [0.1, 0.15) is 17.5 Å². The molecule has 0 aliphatic rings. The van der Waals surface area contributed by atoms with Crippen molar-refractivity contribution in [3.8, 4) is 6.01 Å². The second-order valence-electron chi connectivity index (χ2n) is 3.73. The molecular weight excluding hydrogens is 333 g/mol. The average Bonchev–Trinajstić information content (AvgIpc) is 2.80. The Hall–Kier alpha value is -2.37. The van der Waals surface area contributed by atoms with Crippen molar-refractivity contribution in [3.05, 3.63) is 18.0 Å². The van der Waals surface area contributed by atoms with E-state index in [4.69, 9.17) is 4.42 Å². The van der Waals surface area contributed by atoms with Crippen LogP contribution in [-0.2, 0) is 14.9 Å². The molecule has 0 atom stereocenters. The normalized spacial score (nSPS) is 12.4. The third-order valence-electron chi connectivity index (χ3n) is 2.20. The fourth-order valence-corrected chi connectivity index (χ4v) is 1.68. The van der Waals surface area contributed by atoms with Gasteiger partial charge in [0, 0.05) is 12.3 Å². The van der Waals surface area contributed by atoms with E-state index in [2.05, 4.69) is 18.9 Å². The van der Waals surface area contributed by atoms with Crippen molar-refractivity contribution >= 4 is 27.2 Å². The van der Waals surface area contributed by atoms with Crippen molar-refractivity contribution in [1.29, 1.82) is 0 Å². The van der Waals surface area contributed by atoms with Crippen molar-refractivity contribution < 1.29 is 39.7 Å². The molecule has 0 unspecified atom stereocenters. The molecule has 22 heavy (non-hydrogen) atoms. The van der Waals surface area contributed by atoms with E-state index in [1.165, 1.54) is 6.07 Å². The largest absolute Gasteiger partial charge is 0.534 e. The Morgan fingerprint density at radius 1 is 1.41 bits per heavy atom. The molecule has 2 heterocycles. The van der Waals surface area contributed by atoms with Crippen molar-refractivity contribution in [1.82, 2.24) is 9.97 Å². The third-order valence-corrected chi connectivity index (χ3v) is 3.13. The van der Waals surface area contributed by atoms with E-state index < -0.39 is 27.6 Å². The van der Waals surface area contributed by atoms with Gasteiger partial charge in [-0.3, -0.25) is 0 Å². The van der Waals surface area contributed by atoms with E-state index in [0.717, 1.165) is 6.20 Å². The Labute approximate surface area is 121 Å². The van der Waals surface area contributed by atoms with Crippen LogP contribution in [0.5, 0.6) is 6.01 Å². The lowest BCUT2D eigenvalue weighted by Crippen LogP contribution is -2.28. The zero-order valence-electron chi connectivity index (χ0n) is 10.7. The van der Waals surface area contributed by atoms with Gasteiger partial charge in [0.1, 0.15) is 0 Å². The summed E-state index contributed by atoms with van der Waals surface area (Å²) in [7, 11) is -5.90. The number of carbonyl (C=O) groups excluding carboxylic acids is 1. The molecule has 120 valence electrons. The van der Waals surface area contributed by atoms with Crippen molar-refractivity contribution in [2.75, 3.05) is 6.61 Å². The van der Waals surface area contributed by atoms with Crippen LogP contribution in [0.3, 0.4) is 0 Å². The number of hydrogen-bond acceptors (Lipinski definition) is 8. The molecule has 12 heteroatoms. The molecule has 0 bridgehead atoms. The predicted molar refractivity (Wildman–Crippen MR) is 63.4 cm³/mol. The smallest absolute Gasteiger partial charge is 0.460 e. The van der Waals surface area contributed by atoms with Crippen LogP contribution in [0, 0.1) is 0 Å². The molecule has 0 aliphatic carbocycles. The number of ether oxygens (including phenoxy) is 1. The first kappa shape index (κ1) is 16.0. The molecule has 0 saturated carbocycles. The molecular formula is C10H7F3N2O6S. The van der Waals surface area contributed by atoms with E-state index >= 15 is 0 Å². The molecule has 0 N–H and O–H groups in total. The summed E-state index contributed by atoms with van der Waals surface area (Å²) in [6, 6.07) is 0.101. The van der Waals surface area contributed by atoms with Gasteiger partial charge in [-0.05, 0) is 6.92 Å². The van der Waals surface area contributed by atoms with Crippen LogP contribution >= 0.6 is 0 Å². The number of alkyl halides is 3. The maximum atomic E-state index is 12.2. The summed E-state index contributed by atoms with van der Waals surface area (Å²) in [6.07, 6.45) is 0.940. The molecule has 0 saturated heterocycles. The van der Waals surface area contributed by atoms with Gasteiger partial charge in [0.05, 0.1) is 12.0 Å². The SMILES string of the molecule is CCOC(=O)c1cc2cnc(OS(=O)(=O)C(F)(F)F)nc2o1. The lowest BCUT2D eigenvalue weighted by atomic mass is 10.4. The number of hydrogen-bond donors (Lipinski definition) is 0. The van der Waals surface area contributed by atoms with Gasteiger partial charge >= 0.3 is 27.6 Å². The second-order valence-corrected chi connectivity index (χ2v) is 5.27. The predicted octanol–water partition coefficient (Wildman–Crippen LogP) is 1.63. The summed E-state index contributed by atoms with van der Waals surface area (Å²) in [6.45, 7) is 1.65. The van der Waals surface area contributed by atoms with Gasteiger partial charge in [-0.25, -0.2) is 9.78 Å². The topological polar surface area (TPSA) is 109 Å². The number of nitrogens with zero attached hydrogens (tertiary/aromatic N) is 2. The minimum absolute atomic E-state index is 0.0831. The van der Waals surface area contributed by atoms with Crippen molar-refractivity contribution in [2.24, 2.45) is 0 Å². The lowest BCUT2D eigenvalue weighted by Gasteiger charge is -2.06. The molecule has 2 aromatic heterocycles. The van der Waals surface area contributed by atoms with Crippen molar-refractivity contribution in [2.45, 2.75) is 12.4 Å². The van der Waals surface area contributed by atoms with Crippen LogP contribution in [-0.4, -0.2) is 36.5 Å². The molecule has 0 amide bonds. The molecule has 0 spiro atoms. The minimum Gasteiger partial charge on any atom is -0.460 e. The van der Waals surface area contributed by atoms with Gasteiger partial charge in [-0.2, -0.15) is 26.6 Å². The van der Waals surface area contributed by atoms with Gasteiger partial charge in [0.2, 0.25) is 11.5 Å². The Bertz CT molecular complexity index is 814. The quantitative estimate of drug-likeness (QED) is 0.469. The van der Waals surface area contributed by atoms with Gasteiger partial charge in [-0.1, -0.05) is 0 Å². The summed E-state index contributed by atoms with van der Waals surface area (Å²) in [4.78, 5) is 18.1. The summed E-state index contributed by atoms with van der Waals surface area (Å²) < 4.78 is 71.5. The highest BCUT2D eigenvalue weighted by atomic mass is 32.2. The van der Waals surface area contributed by atoms with E-state index in [0.29, 0.717) is 0 Å². The standard InChI is InChI=1S/C10H7F3N2O6S/c1-2-19-8(16)6-3-5-4-14-9(15-7(5)20-6)21-22(17,18)10(11,12)13/h3-4H,2H2,1H3. The molecule has 2 rings (SSSR count). The van der Waals surface area contributed by atoms with E-state index in [1.54, 1.807) is 6.92 Å². The summed E-state index contributed by atoms with van der Waals surface area (Å²) in [5, 5.41) is 0.153. The zero-order valence-corrected chi connectivity index (χ0v) is 11.6. The van der Waals surface area contributed by atoms with E-state index in [9.17, 15) is 26.4 Å². The van der Waals surface area contributed by atoms with Crippen LogP contribution < -0.4 is 4.18 Å². The maximum Gasteiger partial charge on any atom is 0.534 e. The van der Waals surface area contributed by atoms with Gasteiger partial charge < -0.3 is 13.3 Å². The number of carbonyl (C=O) groups is 1. The number of rotatable bonds is 4. The van der Waals surface area contributed by atoms with Gasteiger partial charge in [-0.15, -0.1) is 0 Å².